The predicted molar refractivity (Wildman–Crippen MR) is 93.6 cm³/mol. The molecule has 0 aromatic heterocycles. The van der Waals surface area contributed by atoms with Gasteiger partial charge in [0.25, 0.3) is 5.91 Å². The summed E-state index contributed by atoms with van der Waals surface area (Å²) in [5.41, 5.74) is 6.16. The van der Waals surface area contributed by atoms with E-state index in [9.17, 15) is 14.0 Å². The quantitative estimate of drug-likeness (QED) is 0.896. The zero-order valence-corrected chi connectivity index (χ0v) is 14.7. The minimum Gasteiger partial charge on any atom is -0.341 e. The zero-order valence-electron chi connectivity index (χ0n) is 13.9. The third-order valence-corrected chi connectivity index (χ3v) is 4.04. The average Bonchev–Trinajstić information content (AvgIpc) is 2.78. The molecule has 1 saturated heterocycles. The summed E-state index contributed by atoms with van der Waals surface area (Å²) in [6, 6.07) is 5.58. The first kappa shape index (κ1) is 20.4. The fraction of sp³-hybridized carbons (Fsp3) is 0.529. The SMILES string of the molecule is CC(N)CCC(=O)N1CCCN(C(=O)c2ccc(F)cc2)CC1.Cl. The summed E-state index contributed by atoms with van der Waals surface area (Å²) in [5, 5.41) is 0. The van der Waals surface area contributed by atoms with Gasteiger partial charge in [0.1, 0.15) is 5.82 Å². The van der Waals surface area contributed by atoms with E-state index in [1.807, 2.05) is 6.92 Å². The van der Waals surface area contributed by atoms with Gasteiger partial charge in [-0.15, -0.1) is 12.4 Å². The molecule has 1 heterocycles. The van der Waals surface area contributed by atoms with Crippen molar-refractivity contribution in [2.45, 2.75) is 32.2 Å². The van der Waals surface area contributed by atoms with Crippen molar-refractivity contribution in [3.8, 4) is 0 Å². The van der Waals surface area contributed by atoms with Crippen LogP contribution in [0.1, 0.15) is 36.5 Å². The van der Waals surface area contributed by atoms with Gasteiger partial charge in [-0.3, -0.25) is 9.59 Å². The first-order valence-corrected chi connectivity index (χ1v) is 8.05. The number of amides is 2. The molecule has 0 bridgehead atoms. The summed E-state index contributed by atoms with van der Waals surface area (Å²) in [7, 11) is 0. The molecule has 1 fully saturated rings. The van der Waals surface area contributed by atoms with Crippen LogP contribution in [0.5, 0.6) is 0 Å². The van der Waals surface area contributed by atoms with Crippen molar-refractivity contribution in [3.63, 3.8) is 0 Å². The van der Waals surface area contributed by atoms with Gasteiger partial charge in [0.15, 0.2) is 0 Å². The molecule has 1 unspecified atom stereocenters. The number of nitrogens with two attached hydrogens (primary N) is 1. The van der Waals surface area contributed by atoms with E-state index < -0.39 is 0 Å². The Balaban J connectivity index is 0.00000288. The molecule has 0 aliphatic carbocycles. The second-order valence-corrected chi connectivity index (χ2v) is 6.05. The Hall–Kier alpha value is -1.66. The summed E-state index contributed by atoms with van der Waals surface area (Å²) in [5.74, 6) is -0.378. The molecule has 0 saturated carbocycles. The lowest BCUT2D eigenvalue weighted by Gasteiger charge is -2.22. The van der Waals surface area contributed by atoms with Crippen LogP contribution in [0.25, 0.3) is 0 Å². The summed E-state index contributed by atoms with van der Waals surface area (Å²) in [6.07, 6.45) is 1.87. The van der Waals surface area contributed by atoms with E-state index in [2.05, 4.69) is 0 Å². The van der Waals surface area contributed by atoms with E-state index in [0.717, 1.165) is 6.42 Å². The van der Waals surface area contributed by atoms with Crippen LogP contribution in [-0.4, -0.2) is 53.8 Å². The summed E-state index contributed by atoms with van der Waals surface area (Å²) in [6.45, 7) is 4.18. The van der Waals surface area contributed by atoms with Crippen LogP contribution >= 0.6 is 12.4 Å². The lowest BCUT2D eigenvalue weighted by molar-refractivity contribution is -0.131. The number of benzene rings is 1. The highest BCUT2D eigenvalue weighted by Gasteiger charge is 2.22. The van der Waals surface area contributed by atoms with Gasteiger partial charge >= 0.3 is 0 Å². The molecule has 24 heavy (non-hydrogen) atoms. The van der Waals surface area contributed by atoms with Crippen molar-refractivity contribution in [2.24, 2.45) is 5.73 Å². The van der Waals surface area contributed by atoms with Crippen molar-refractivity contribution in [2.75, 3.05) is 26.2 Å². The third kappa shape index (κ3) is 5.76. The van der Waals surface area contributed by atoms with Gasteiger partial charge in [0, 0.05) is 44.2 Å². The van der Waals surface area contributed by atoms with Crippen molar-refractivity contribution in [1.82, 2.24) is 9.80 Å². The van der Waals surface area contributed by atoms with Gasteiger partial charge in [-0.2, -0.15) is 0 Å². The van der Waals surface area contributed by atoms with Crippen LogP contribution in [0.4, 0.5) is 4.39 Å². The highest BCUT2D eigenvalue weighted by atomic mass is 35.5. The minimum absolute atomic E-state index is 0. The Labute approximate surface area is 148 Å². The molecule has 2 amide bonds. The third-order valence-electron chi connectivity index (χ3n) is 4.04. The number of hydrogen-bond acceptors (Lipinski definition) is 3. The smallest absolute Gasteiger partial charge is 0.253 e. The van der Waals surface area contributed by atoms with Crippen molar-refractivity contribution in [1.29, 1.82) is 0 Å². The number of nitrogens with zero attached hydrogens (tertiary/aromatic N) is 2. The standard InChI is InChI=1S/C17H24FN3O2.ClH/c1-13(19)3-8-16(22)20-9-2-10-21(12-11-20)17(23)14-4-6-15(18)7-5-14;/h4-7,13H,2-3,8-12,19H2,1H3;1H. The maximum Gasteiger partial charge on any atom is 0.253 e. The van der Waals surface area contributed by atoms with Crippen molar-refractivity contribution < 1.29 is 14.0 Å². The molecular formula is C17H25ClFN3O2. The van der Waals surface area contributed by atoms with Crippen LogP contribution in [0.3, 0.4) is 0 Å². The van der Waals surface area contributed by atoms with Crippen LogP contribution in [0.2, 0.25) is 0 Å². The Morgan fingerprint density at radius 2 is 1.71 bits per heavy atom. The van der Waals surface area contributed by atoms with Gasteiger partial charge < -0.3 is 15.5 Å². The van der Waals surface area contributed by atoms with Gasteiger partial charge in [-0.25, -0.2) is 4.39 Å². The minimum atomic E-state index is -0.358. The molecule has 1 aromatic carbocycles. The highest BCUT2D eigenvalue weighted by Crippen LogP contribution is 2.11. The topological polar surface area (TPSA) is 66.6 Å². The molecular weight excluding hydrogens is 333 g/mol. The molecule has 134 valence electrons. The Morgan fingerprint density at radius 1 is 1.12 bits per heavy atom. The van der Waals surface area contributed by atoms with Gasteiger partial charge in [0.05, 0.1) is 0 Å². The first-order chi connectivity index (χ1) is 11.0. The summed E-state index contributed by atoms with van der Waals surface area (Å²) in [4.78, 5) is 28.1. The Morgan fingerprint density at radius 3 is 2.33 bits per heavy atom. The lowest BCUT2D eigenvalue weighted by Crippen LogP contribution is -2.37. The van der Waals surface area contributed by atoms with Crippen molar-refractivity contribution >= 4 is 24.2 Å². The molecule has 1 aromatic rings. The summed E-state index contributed by atoms with van der Waals surface area (Å²) >= 11 is 0. The van der Waals surface area contributed by atoms with E-state index in [4.69, 9.17) is 5.73 Å². The van der Waals surface area contributed by atoms with Crippen molar-refractivity contribution in [3.05, 3.63) is 35.6 Å². The number of carbonyl (C=O) groups is 2. The van der Waals surface area contributed by atoms with Gasteiger partial charge in [-0.1, -0.05) is 0 Å². The maximum atomic E-state index is 12.9. The van der Waals surface area contributed by atoms with E-state index in [0.29, 0.717) is 44.6 Å². The second kappa shape index (κ2) is 9.59. The molecule has 2 rings (SSSR count). The summed E-state index contributed by atoms with van der Waals surface area (Å²) < 4.78 is 12.9. The normalized spacial score (nSPS) is 16.1. The van der Waals surface area contributed by atoms with E-state index in [1.165, 1.54) is 24.3 Å². The maximum absolute atomic E-state index is 12.9. The number of rotatable bonds is 4. The molecule has 2 N–H and O–H groups in total. The molecule has 0 radical (unpaired) electrons. The number of carbonyl (C=O) groups excluding carboxylic acids is 2. The predicted octanol–water partition coefficient (Wildman–Crippen LogP) is 2.05. The van der Waals surface area contributed by atoms with E-state index in [1.54, 1.807) is 9.80 Å². The molecule has 7 heteroatoms. The van der Waals surface area contributed by atoms with Crippen LogP contribution in [0.15, 0.2) is 24.3 Å². The molecule has 5 nitrogen and oxygen atoms in total. The highest BCUT2D eigenvalue weighted by molar-refractivity contribution is 5.94. The van der Waals surface area contributed by atoms with Crippen LogP contribution in [0, 0.1) is 5.82 Å². The average molecular weight is 358 g/mol. The monoisotopic (exact) mass is 357 g/mol. The molecule has 1 aliphatic rings. The second-order valence-electron chi connectivity index (χ2n) is 6.05. The first-order valence-electron chi connectivity index (χ1n) is 8.05. The zero-order chi connectivity index (χ0) is 16.8. The van der Waals surface area contributed by atoms with Crippen LogP contribution < -0.4 is 5.73 Å². The largest absolute Gasteiger partial charge is 0.341 e. The fourth-order valence-corrected chi connectivity index (χ4v) is 2.65. The Bertz CT molecular complexity index is 551. The van der Waals surface area contributed by atoms with Gasteiger partial charge in [0.2, 0.25) is 5.91 Å². The molecule has 1 atom stereocenters. The van der Waals surface area contributed by atoms with Crippen LogP contribution in [-0.2, 0) is 4.79 Å². The number of hydrogen-bond donors (Lipinski definition) is 1. The lowest BCUT2D eigenvalue weighted by atomic mass is 10.2. The van der Waals surface area contributed by atoms with Gasteiger partial charge in [-0.05, 0) is 44.0 Å². The fourth-order valence-electron chi connectivity index (χ4n) is 2.65. The molecule has 1 aliphatic heterocycles. The van der Waals surface area contributed by atoms with E-state index in [-0.39, 0.29) is 36.1 Å². The Kier molecular flexibility index (Phi) is 8.15. The van der Waals surface area contributed by atoms with E-state index >= 15 is 0 Å². The number of halogens is 2. The molecule has 0 spiro atoms.